The second-order valence-electron chi connectivity index (χ2n) is 4.60. The minimum absolute atomic E-state index is 0.303. The van der Waals surface area contributed by atoms with Gasteiger partial charge in [-0.1, -0.05) is 28.9 Å². The quantitative estimate of drug-likeness (QED) is 0.644. The van der Waals surface area contributed by atoms with Crippen LogP contribution in [0.15, 0.2) is 47.6 Å². The zero-order valence-electron chi connectivity index (χ0n) is 12.8. The van der Waals surface area contributed by atoms with Crippen molar-refractivity contribution in [1.82, 2.24) is 0 Å². The van der Waals surface area contributed by atoms with Gasteiger partial charge in [-0.3, -0.25) is 4.79 Å². The van der Waals surface area contributed by atoms with Crippen molar-refractivity contribution in [2.75, 3.05) is 19.0 Å². The number of nitrogens with zero attached hydrogens (tertiary/aromatic N) is 2. The highest BCUT2D eigenvalue weighted by Gasteiger charge is 2.08. The number of nitriles is 1. The lowest BCUT2D eigenvalue weighted by Crippen LogP contribution is -2.17. The van der Waals surface area contributed by atoms with E-state index in [2.05, 4.69) is 10.5 Å². The Bertz CT molecular complexity index is 800. The Morgan fingerprint density at radius 3 is 2.92 bits per heavy atom. The molecule has 0 radical (unpaired) electrons. The Balaban J connectivity index is 1.91. The largest absolute Gasteiger partial charge is 0.496 e. The van der Waals surface area contributed by atoms with E-state index < -0.39 is 5.91 Å². The standard InChI is InChI=1S/C17H14ClN3O3/c1-23-16-5-3-2-4-13(16)10-20-24-11-17(22)21-15-8-14(18)7-6-12(15)9-19/h2-8,10H,11H2,1H3,(H,21,22)/b20-10-. The summed E-state index contributed by atoms with van der Waals surface area (Å²) >= 11 is 5.85. The zero-order valence-corrected chi connectivity index (χ0v) is 13.6. The van der Waals surface area contributed by atoms with Crippen molar-refractivity contribution in [3.8, 4) is 11.8 Å². The van der Waals surface area contributed by atoms with Gasteiger partial charge in [-0.25, -0.2) is 0 Å². The summed E-state index contributed by atoms with van der Waals surface area (Å²) in [7, 11) is 1.55. The Labute approximate surface area is 144 Å². The van der Waals surface area contributed by atoms with E-state index in [0.29, 0.717) is 22.0 Å². The molecule has 0 saturated heterocycles. The van der Waals surface area contributed by atoms with Crippen molar-refractivity contribution in [3.63, 3.8) is 0 Å². The molecule has 0 atom stereocenters. The van der Waals surface area contributed by atoms with E-state index in [-0.39, 0.29) is 6.61 Å². The number of anilines is 1. The zero-order chi connectivity index (χ0) is 17.4. The molecule has 7 heteroatoms. The molecule has 1 amide bonds. The second kappa shape index (κ2) is 8.56. The fraction of sp³-hybridized carbons (Fsp3) is 0.118. The van der Waals surface area contributed by atoms with Crippen LogP contribution in [0.3, 0.4) is 0 Å². The summed E-state index contributed by atoms with van der Waals surface area (Å²) in [5.74, 6) is 0.192. The summed E-state index contributed by atoms with van der Waals surface area (Å²) in [5.41, 5.74) is 1.36. The lowest BCUT2D eigenvalue weighted by molar-refractivity contribution is -0.120. The van der Waals surface area contributed by atoms with Gasteiger partial charge in [0.15, 0.2) is 6.61 Å². The lowest BCUT2D eigenvalue weighted by atomic mass is 10.2. The molecule has 0 unspecified atom stereocenters. The molecule has 2 rings (SSSR count). The maximum absolute atomic E-state index is 11.8. The summed E-state index contributed by atoms with van der Waals surface area (Å²) in [6.45, 7) is -0.303. The van der Waals surface area contributed by atoms with Crippen LogP contribution in [0.25, 0.3) is 0 Å². The number of benzene rings is 2. The van der Waals surface area contributed by atoms with Crippen LogP contribution in [-0.2, 0) is 9.63 Å². The number of nitrogens with one attached hydrogen (secondary N) is 1. The number of para-hydroxylation sites is 1. The predicted octanol–water partition coefficient (Wildman–Crippen LogP) is 3.21. The number of hydrogen-bond acceptors (Lipinski definition) is 5. The summed E-state index contributed by atoms with van der Waals surface area (Å²) in [6, 6.07) is 13.8. The molecule has 2 aromatic rings. The summed E-state index contributed by atoms with van der Waals surface area (Å²) in [5, 5.41) is 15.7. The molecule has 24 heavy (non-hydrogen) atoms. The first kappa shape index (κ1) is 17.3. The van der Waals surface area contributed by atoms with Gasteiger partial charge in [0, 0.05) is 10.6 Å². The molecular formula is C17H14ClN3O3. The average molecular weight is 344 g/mol. The van der Waals surface area contributed by atoms with Crippen LogP contribution in [0, 0.1) is 11.3 Å². The number of halogens is 1. The van der Waals surface area contributed by atoms with Gasteiger partial charge in [-0.15, -0.1) is 0 Å². The first-order valence-electron chi connectivity index (χ1n) is 6.92. The number of oxime groups is 1. The Kier molecular flexibility index (Phi) is 6.17. The van der Waals surface area contributed by atoms with Crippen LogP contribution < -0.4 is 10.1 Å². The molecule has 2 aromatic carbocycles. The molecule has 0 aliphatic rings. The molecule has 0 fully saturated rings. The molecule has 0 spiro atoms. The molecule has 0 aromatic heterocycles. The molecule has 0 heterocycles. The third-order valence-electron chi connectivity index (χ3n) is 2.98. The van der Waals surface area contributed by atoms with Gasteiger partial charge in [0.2, 0.25) is 0 Å². The van der Waals surface area contributed by atoms with Crippen molar-refractivity contribution in [3.05, 3.63) is 58.6 Å². The third-order valence-corrected chi connectivity index (χ3v) is 3.21. The molecule has 1 N–H and O–H groups in total. The first-order chi connectivity index (χ1) is 11.6. The van der Waals surface area contributed by atoms with Crippen molar-refractivity contribution in [2.24, 2.45) is 5.16 Å². The number of ether oxygens (including phenoxy) is 1. The van der Waals surface area contributed by atoms with Crippen LogP contribution in [0.5, 0.6) is 5.75 Å². The van der Waals surface area contributed by atoms with Crippen LogP contribution in [0.4, 0.5) is 5.69 Å². The van der Waals surface area contributed by atoms with Crippen LogP contribution in [0.1, 0.15) is 11.1 Å². The van der Waals surface area contributed by atoms with E-state index in [9.17, 15) is 4.79 Å². The predicted molar refractivity (Wildman–Crippen MR) is 91.3 cm³/mol. The van der Waals surface area contributed by atoms with Gasteiger partial charge < -0.3 is 14.9 Å². The van der Waals surface area contributed by atoms with Gasteiger partial charge in [0.25, 0.3) is 5.91 Å². The smallest absolute Gasteiger partial charge is 0.265 e. The number of carbonyl (C=O) groups is 1. The van der Waals surface area contributed by atoms with E-state index in [0.717, 1.165) is 5.56 Å². The number of rotatable bonds is 6. The Morgan fingerprint density at radius 2 is 2.17 bits per heavy atom. The van der Waals surface area contributed by atoms with Crippen molar-refractivity contribution in [2.45, 2.75) is 0 Å². The minimum Gasteiger partial charge on any atom is -0.496 e. The maximum atomic E-state index is 11.8. The number of carbonyl (C=O) groups excluding carboxylic acids is 1. The van der Waals surface area contributed by atoms with Gasteiger partial charge in [-0.2, -0.15) is 5.26 Å². The Morgan fingerprint density at radius 1 is 1.38 bits per heavy atom. The fourth-order valence-electron chi connectivity index (χ4n) is 1.87. The number of hydrogen-bond donors (Lipinski definition) is 1. The van der Waals surface area contributed by atoms with E-state index in [1.807, 2.05) is 18.2 Å². The SMILES string of the molecule is COc1ccccc1/C=N\OCC(=O)Nc1cc(Cl)ccc1C#N. The topological polar surface area (TPSA) is 83.7 Å². The molecule has 0 aliphatic heterocycles. The fourth-order valence-corrected chi connectivity index (χ4v) is 2.04. The van der Waals surface area contributed by atoms with Crippen molar-refractivity contribution >= 4 is 29.4 Å². The molecule has 0 bridgehead atoms. The monoisotopic (exact) mass is 343 g/mol. The summed E-state index contributed by atoms with van der Waals surface area (Å²) < 4.78 is 5.17. The first-order valence-corrected chi connectivity index (χ1v) is 7.29. The van der Waals surface area contributed by atoms with Crippen LogP contribution in [0.2, 0.25) is 5.02 Å². The second-order valence-corrected chi connectivity index (χ2v) is 5.04. The van der Waals surface area contributed by atoms with Gasteiger partial charge in [0.1, 0.15) is 11.8 Å². The molecular weight excluding hydrogens is 330 g/mol. The van der Waals surface area contributed by atoms with E-state index in [1.165, 1.54) is 18.3 Å². The highest BCUT2D eigenvalue weighted by Crippen LogP contribution is 2.20. The third kappa shape index (κ3) is 4.73. The van der Waals surface area contributed by atoms with Gasteiger partial charge in [0.05, 0.1) is 24.6 Å². The summed E-state index contributed by atoms with van der Waals surface area (Å²) in [6.07, 6.45) is 1.45. The van der Waals surface area contributed by atoms with Gasteiger partial charge in [-0.05, 0) is 30.3 Å². The normalized spacial score (nSPS) is 10.2. The summed E-state index contributed by atoms with van der Waals surface area (Å²) in [4.78, 5) is 16.8. The molecule has 6 nitrogen and oxygen atoms in total. The average Bonchev–Trinajstić information content (AvgIpc) is 2.59. The van der Waals surface area contributed by atoms with E-state index >= 15 is 0 Å². The van der Waals surface area contributed by atoms with Gasteiger partial charge >= 0.3 is 0 Å². The van der Waals surface area contributed by atoms with Crippen LogP contribution >= 0.6 is 11.6 Å². The highest BCUT2D eigenvalue weighted by atomic mass is 35.5. The maximum Gasteiger partial charge on any atom is 0.265 e. The molecule has 122 valence electrons. The van der Waals surface area contributed by atoms with Crippen molar-refractivity contribution in [1.29, 1.82) is 5.26 Å². The van der Waals surface area contributed by atoms with Crippen molar-refractivity contribution < 1.29 is 14.4 Å². The van der Waals surface area contributed by atoms with E-state index in [1.54, 1.807) is 25.3 Å². The highest BCUT2D eigenvalue weighted by molar-refractivity contribution is 6.31. The lowest BCUT2D eigenvalue weighted by Gasteiger charge is -2.07. The minimum atomic E-state index is -0.453. The molecule has 0 aliphatic carbocycles. The van der Waals surface area contributed by atoms with Crippen LogP contribution in [-0.4, -0.2) is 25.8 Å². The number of amides is 1. The Hall–Kier alpha value is -3.04. The van der Waals surface area contributed by atoms with E-state index in [4.69, 9.17) is 26.4 Å². The molecule has 0 saturated carbocycles. The number of methoxy groups -OCH3 is 1.